The molecule has 1 aromatic carbocycles. The van der Waals surface area contributed by atoms with Crippen LogP contribution in [0.3, 0.4) is 0 Å². The fraction of sp³-hybridized carbons (Fsp3) is 0.462. The molecule has 1 rings (SSSR count). The number of rotatable bonds is 2. The lowest BCUT2D eigenvalue weighted by atomic mass is 9.87. The third-order valence-corrected chi connectivity index (χ3v) is 2.74. The molecule has 0 saturated carbocycles. The normalized spacial score (nSPS) is 13.3. The molecule has 4 heteroatoms. The Morgan fingerprint density at radius 1 is 1.41 bits per heavy atom. The monoisotopic (exact) mass is 238 g/mol. The molecule has 0 aromatic heterocycles. The van der Waals surface area contributed by atoms with E-state index < -0.39 is 6.04 Å². The largest absolute Gasteiger partial charge is 0.324 e. The van der Waals surface area contributed by atoms with Crippen LogP contribution >= 0.6 is 0 Å². The van der Waals surface area contributed by atoms with Crippen LogP contribution in [0.4, 0.5) is 10.1 Å². The van der Waals surface area contributed by atoms with Crippen molar-refractivity contribution in [1.82, 2.24) is 0 Å². The lowest BCUT2D eigenvalue weighted by molar-refractivity contribution is -0.119. The Bertz CT molecular complexity index is 424. The van der Waals surface area contributed by atoms with Crippen molar-refractivity contribution in [3.63, 3.8) is 0 Å². The van der Waals surface area contributed by atoms with Gasteiger partial charge in [-0.3, -0.25) is 4.79 Å². The fourth-order valence-corrected chi connectivity index (χ4v) is 1.35. The van der Waals surface area contributed by atoms with Gasteiger partial charge in [0.2, 0.25) is 5.91 Å². The first-order valence-electron chi connectivity index (χ1n) is 5.55. The maximum atomic E-state index is 13.3. The summed E-state index contributed by atoms with van der Waals surface area (Å²) >= 11 is 0. The summed E-state index contributed by atoms with van der Waals surface area (Å²) in [7, 11) is 0. The van der Waals surface area contributed by atoms with Crippen LogP contribution < -0.4 is 11.1 Å². The quantitative estimate of drug-likeness (QED) is 0.831. The molecular weight excluding hydrogens is 219 g/mol. The van der Waals surface area contributed by atoms with Gasteiger partial charge in [-0.1, -0.05) is 26.8 Å². The molecule has 0 spiro atoms. The Morgan fingerprint density at radius 2 is 2.00 bits per heavy atom. The Balaban J connectivity index is 2.86. The smallest absolute Gasteiger partial charge is 0.241 e. The van der Waals surface area contributed by atoms with Gasteiger partial charge in [-0.25, -0.2) is 4.39 Å². The zero-order valence-corrected chi connectivity index (χ0v) is 10.7. The number of anilines is 1. The summed E-state index contributed by atoms with van der Waals surface area (Å²) in [6.45, 7) is 7.27. The fourth-order valence-electron chi connectivity index (χ4n) is 1.35. The van der Waals surface area contributed by atoms with E-state index in [2.05, 4.69) is 5.32 Å². The van der Waals surface area contributed by atoms with Crippen molar-refractivity contribution in [3.05, 3.63) is 29.6 Å². The van der Waals surface area contributed by atoms with Gasteiger partial charge in [-0.15, -0.1) is 0 Å². The van der Waals surface area contributed by atoms with Crippen molar-refractivity contribution >= 4 is 11.6 Å². The lowest BCUT2D eigenvalue weighted by Crippen LogP contribution is -2.45. The molecule has 0 radical (unpaired) electrons. The van der Waals surface area contributed by atoms with E-state index in [-0.39, 0.29) is 17.1 Å². The van der Waals surface area contributed by atoms with Crippen LogP contribution in [-0.2, 0) is 4.79 Å². The Morgan fingerprint density at radius 3 is 2.53 bits per heavy atom. The van der Waals surface area contributed by atoms with E-state index in [4.69, 9.17) is 5.73 Å². The second-order valence-electron chi connectivity index (χ2n) is 5.25. The predicted octanol–water partition coefficient (Wildman–Crippen LogP) is 2.45. The number of nitrogens with one attached hydrogen (secondary N) is 1. The topological polar surface area (TPSA) is 55.1 Å². The van der Waals surface area contributed by atoms with Crippen molar-refractivity contribution < 1.29 is 9.18 Å². The number of amides is 1. The van der Waals surface area contributed by atoms with Crippen LogP contribution in [0.5, 0.6) is 0 Å². The van der Waals surface area contributed by atoms with E-state index in [0.717, 1.165) is 0 Å². The van der Waals surface area contributed by atoms with Crippen molar-refractivity contribution in [3.8, 4) is 0 Å². The summed E-state index contributed by atoms with van der Waals surface area (Å²) in [6, 6.07) is 3.94. The van der Waals surface area contributed by atoms with E-state index in [1.807, 2.05) is 20.8 Å². The van der Waals surface area contributed by atoms with Gasteiger partial charge < -0.3 is 11.1 Å². The van der Waals surface area contributed by atoms with Crippen molar-refractivity contribution in [2.45, 2.75) is 33.7 Å². The van der Waals surface area contributed by atoms with Crippen LogP contribution in [0.15, 0.2) is 18.2 Å². The number of carbonyl (C=O) groups excluding carboxylic acids is 1. The maximum absolute atomic E-state index is 13.3. The second kappa shape index (κ2) is 4.84. The van der Waals surface area contributed by atoms with Gasteiger partial charge >= 0.3 is 0 Å². The van der Waals surface area contributed by atoms with Crippen LogP contribution in [0, 0.1) is 18.2 Å². The molecule has 94 valence electrons. The zero-order valence-electron chi connectivity index (χ0n) is 10.7. The highest BCUT2D eigenvalue weighted by Gasteiger charge is 2.27. The van der Waals surface area contributed by atoms with Crippen LogP contribution in [0.1, 0.15) is 26.3 Å². The van der Waals surface area contributed by atoms with Gasteiger partial charge in [0.25, 0.3) is 0 Å². The first-order valence-corrected chi connectivity index (χ1v) is 5.55. The Kier molecular flexibility index (Phi) is 3.88. The number of nitrogens with two attached hydrogens (primary N) is 1. The van der Waals surface area contributed by atoms with Gasteiger partial charge in [0, 0.05) is 11.3 Å². The van der Waals surface area contributed by atoms with E-state index in [0.29, 0.717) is 11.3 Å². The highest BCUT2D eigenvalue weighted by Crippen LogP contribution is 2.21. The number of hydrogen-bond acceptors (Lipinski definition) is 2. The molecule has 0 heterocycles. The standard InChI is InChI=1S/C13H19FN2O/c1-8-9(14)6-5-7-10(8)16-12(17)11(15)13(2,3)4/h5-7,11H,15H2,1-4H3,(H,16,17)/t11-/m0/s1. The first kappa shape index (κ1) is 13.6. The molecule has 3 nitrogen and oxygen atoms in total. The van der Waals surface area contributed by atoms with Crippen molar-refractivity contribution in [2.75, 3.05) is 5.32 Å². The molecule has 17 heavy (non-hydrogen) atoms. The molecule has 0 aliphatic heterocycles. The zero-order chi connectivity index (χ0) is 13.2. The second-order valence-corrected chi connectivity index (χ2v) is 5.25. The Labute approximate surface area is 101 Å². The number of hydrogen-bond donors (Lipinski definition) is 2. The van der Waals surface area contributed by atoms with Gasteiger partial charge in [-0.2, -0.15) is 0 Å². The molecule has 0 bridgehead atoms. The molecule has 1 aromatic rings. The SMILES string of the molecule is Cc1c(F)cccc1NC(=O)[C@H](N)C(C)(C)C. The number of carbonyl (C=O) groups is 1. The van der Waals surface area contributed by atoms with Crippen LogP contribution in [-0.4, -0.2) is 11.9 Å². The van der Waals surface area contributed by atoms with Crippen molar-refractivity contribution in [2.24, 2.45) is 11.1 Å². The molecule has 0 fully saturated rings. The summed E-state index contributed by atoms with van der Waals surface area (Å²) in [5, 5.41) is 2.65. The summed E-state index contributed by atoms with van der Waals surface area (Å²) in [5.41, 5.74) is 6.38. The van der Waals surface area contributed by atoms with E-state index >= 15 is 0 Å². The number of halogens is 1. The highest BCUT2D eigenvalue weighted by molar-refractivity contribution is 5.95. The molecule has 0 aliphatic carbocycles. The summed E-state index contributed by atoms with van der Waals surface area (Å²) in [6.07, 6.45) is 0. The predicted molar refractivity (Wildman–Crippen MR) is 67.2 cm³/mol. The van der Waals surface area contributed by atoms with E-state index in [9.17, 15) is 9.18 Å². The molecule has 1 atom stereocenters. The molecule has 0 aliphatic rings. The van der Waals surface area contributed by atoms with Crippen LogP contribution in [0.25, 0.3) is 0 Å². The van der Waals surface area contributed by atoms with Gasteiger partial charge in [0.15, 0.2) is 0 Å². The molecule has 3 N–H and O–H groups in total. The van der Waals surface area contributed by atoms with Gasteiger partial charge in [-0.05, 0) is 24.5 Å². The number of benzene rings is 1. The summed E-state index contributed by atoms with van der Waals surface area (Å²) in [5.74, 6) is -0.640. The third-order valence-electron chi connectivity index (χ3n) is 2.74. The third kappa shape index (κ3) is 3.27. The molecule has 0 unspecified atom stereocenters. The summed E-state index contributed by atoms with van der Waals surface area (Å²) in [4.78, 5) is 11.9. The van der Waals surface area contributed by atoms with Crippen molar-refractivity contribution in [1.29, 1.82) is 0 Å². The maximum Gasteiger partial charge on any atom is 0.241 e. The Hall–Kier alpha value is -1.42. The van der Waals surface area contributed by atoms with Gasteiger partial charge in [0.1, 0.15) is 5.82 Å². The molecule has 1 amide bonds. The molecule has 0 saturated heterocycles. The highest BCUT2D eigenvalue weighted by atomic mass is 19.1. The average Bonchev–Trinajstić information content (AvgIpc) is 2.22. The lowest BCUT2D eigenvalue weighted by Gasteiger charge is -2.26. The average molecular weight is 238 g/mol. The minimum atomic E-state index is -0.634. The first-order chi connectivity index (χ1) is 7.73. The van der Waals surface area contributed by atoms with Gasteiger partial charge in [0.05, 0.1) is 6.04 Å². The molecular formula is C13H19FN2O. The minimum Gasteiger partial charge on any atom is -0.324 e. The summed E-state index contributed by atoms with van der Waals surface area (Å²) < 4.78 is 13.3. The van der Waals surface area contributed by atoms with Crippen LogP contribution in [0.2, 0.25) is 0 Å². The minimum absolute atomic E-state index is 0.300. The van der Waals surface area contributed by atoms with E-state index in [1.165, 1.54) is 6.07 Å². The van der Waals surface area contributed by atoms with E-state index in [1.54, 1.807) is 19.1 Å².